The van der Waals surface area contributed by atoms with Crippen molar-refractivity contribution in [3.05, 3.63) is 47.3 Å². The molecule has 1 aromatic heterocycles. The first-order chi connectivity index (χ1) is 12.8. The van der Waals surface area contributed by atoms with Gasteiger partial charge in [0.2, 0.25) is 5.95 Å². The molecule has 0 saturated heterocycles. The third-order valence-corrected chi connectivity index (χ3v) is 3.87. The summed E-state index contributed by atoms with van der Waals surface area (Å²) in [4.78, 5) is 11.4. The summed E-state index contributed by atoms with van der Waals surface area (Å²) >= 11 is 0. The number of alkyl halides is 3. The lowest BCUT2D eigenvalue weighted by molar-refractivity contribution is -0.141. The Morgan fingerprint density at radius 3 is 2.36 bits per heavy atom. The van der Waals surface area contributed by atoms with Crippen LogP contribution in [0, 0.1) is 0 Å². The zero-order valence-corrected chi connectivity index (χ0v) is 18.0. The van der Waals surface area contributed by atoms with Gasteiger partial charge in [0, 0.05) is 18.4 Å². The van der Waals surface area contributed by atoms with Gasteiger partial charge in [0.15, 0.2) is 5.96 Å². The molecule has 6 nitrogen and oxygen atoms in total. The molecule has 0 aliphatic rings. The molecule has 0 aliphatic carbocycles. The zero-order chi connectivity index (χ0) is 19.9. The number of aromatic nitrogens is 2. The van der Waals surface area contributed by atoms with Crippen LogP contribution in [0.3, 0.4) is 0 Å². The van der Waals surface area contributed by atoms with Gasteiger partial charge >= 0.3 is 6.18 Å². The fourth-order valence-corrected chi connectivity index (χ4v) is 2.52. The van der Waals surface area contributed by atoms with E-state index in [-0.39, 0.29) is 49.0 Å². The number of nitrogens with zero attached hydrogens (tertiary/aromatic N) is 3. The van der Waals surface area contributed by atoms with Gasteiger partial charge in [-0.2, -0.15) is 13.2 Å². The van der Waals surface area contributed by atoms with Crippen molar-refractivity contribution in [2.24, 2.45) is 10.7 Å². The van der Waals surface area contributed by atoms with Crippen LogP contribution in [-0.4, -0.2) is 29.0 Å². The van der Waals surface area contributed by atoms with Gasteiger partial charge in [-0.3, -0.25) is 4.99 Å². The van der Waals surface area contributed by atoms with Crippen LogP contribution in [0.1, 0.15) is 30.7 Å². The topological polar surface area (TPSA) is 88.2 Å². The molecule has 0 aliphatic heterocycles. The van der Waals surface area contributed by atoms with E-state index in [4.69, 9.17) is 5.73 Å². The summed E-state index contributed by atoms with van der Waals surface area (Å²) in [6.45, 7) is 4.63. The van der Waals surface area contributed by atoms with Crippen LogP contribution in [0.4, 0.5) is 24.8 Å². The molecule has 0 fully saturated rings. The van der Waals surface area contributed by atoms with Gasteiger partial charge in [-0.25, -0.2) is 9.97 Å². The highest BCUT2D eigenvalue weighted by Gasteiger charge is 2.32. The number of guanidine groups is 1. The number of rotatable bonds is 7. The summed E-state index contributed by atoms with van der Waals surface area (Å²) in [6.07, 6.45) is -1.73. The molecule has 0 spiro atoms. The second-order valence-electron chi connectivity index (χ2n) is 5.74. The Morgan fingerprint density at radius 2 is 1.79 bits per heavy atom. The number of nitrogens with two attached hydrogens (primary N) is 1. The van der Waals surface area contributed by atoms with Crippen molar-refractivity contribution in [1.82, 2.24) is 9.97 Å². The molecule has 4 N–H and O–H groups in total. The Hall–Kier alpha value is -2.11. The maximum absolute atomic E-state index is 12.6. The lowest BCUT2D eigenvalue weighted by Gasteiger charge is -2.15. The van der Waals surface area contributed by atoms with Crippen molar-refractivity contribution in [2.45, 2.75) is 32.9 Å². The van der Waals surface area contributed by atoms with Gasteiger partial charge < -0.3 is 16.4 Å². The first-order valence-corrected chi connectivity index (χ1v) is 8.67. The van der Waals surface area contributed by atoms with E-state index in [0.29, 0.717) is 0 Å². The molecule has 0 unspecified atom stereocenters. The molecular weight excluding hydrogens is 484 g/mol. The third-order valence-electron chi connectivity index (χ3n) is 3.87. The molecule has 28 heavy (non-hydrogen) atoms. The van der Waals surface area contributed by atoms with Gasteiger partial charge in [-0.15, -0.1) is 24.0 Å². The number of hydrogen-bond acceptors (Lipinski definition) is 4. The van der Waals surface area contributed by atoms with Crippen molar-refractivity contribution in [3.63, 3.8) is 0 Å². The third kappa shape index (κ3) is 6.80. The fraction of sp³-hybridized carbons (Fsp3) is 0.389. The molecule has 0 saturated carbocycles. The van der Waals surface area contributed by atoms with E-state index in [0.717, 1.165) is 41.9 Å². The summed E-state index contributed by atoms with van der Waals surface area (Å²) in [5, 5.41) is 5.84. The molecule has 2 aromatic rings. The highest BCUT2D eigenvalue weighted by atomic mass is 127. The lowest BCUT2D eigenvalue weighted by Crippen LogP contribution is -2.25. The SMILES string of the molecule is CCc1cccc(CC)c1NC(N)=NCCNc1nccc(C(F)(F)F)n1.I. The first-order valence-electron chi connectivity index (χ1n) is 8.67. The number of para-hydroxylation sites is 1. The van der Waals surface area contributed by atoms with Crippen molar-refractivity contribution in [3.8, 4) is 0 Å². The Bertz CT molecular complexity index is 773. The largest absolute Gasteiger partial charge is 0.433 e. The van der Waals surface area contributed by atoms with Crippen molar-refractivity contribution in [2.75, 3.05) is 23.7 Å². The van der Waals surface area contributed by atoms with E-state index in [2.05, 4.69) is 39.4 Å². The van der Waals surface area contributed by atoms with Crippen LogP contribution in [0.2, 0.25) is 0 Å². The van der Waals surface area contributed by atoms with Crippen molar-refractivity contribution in [1.29, 1.82) is 0 Å². The van der Waals surface area contributed by atoms with Crippen LogP contribution in [0.25, 0.3) is 0 Å². The molecule has 0 atom stereocenters. The maximum Gasteiger partial charge on any atom is 0.433 e. The molecule has 0 bridgehead atoms. The molecule has 0 amide bonds. The number of nitrogens with one attached hydrogen (secondary N) is 2. The van der Waals surface area contributed by atoms with Gasteiger partial charge in [0.05, 0.1) is 6.54 Å². The summed E-state index contributed by atoms with van der Waals surface area (Å²) in [6, 6.07) is 6.89. The van der Waals surface area contributed by atoms with E-state index < -0.39 is 11.9 Å². The van der Waals surface area contributed by atoms with Crippen LogP contribution >= 0.6 is 24.0 Å². The Balaban J connectivity index is 0.00000392. The van der Waals surface area contributed by atoms with E-state index in [9.17, 15) is 13.2 Å². The lowest BCUT2D eigenvalue weighted by atomic mass is 10.0. The zero-order valence-electron chi connectivity index (χ0n) is 15.7. The van der Waals surface area contributed by atoms with E-state index in [1.54, 1.807) is 0 Å². The van der Waals surface area contributed by atoms with E-state index in [1.165, 1.54) is 0 Å². The van der Waals surface area contributed by atoms with Crippen molar-refractivity contribution >= 4 is 41.6 Å². The average molecular weight is 508 g/mol. The number of benzene rings is 1. The van der Waals surface area contributed by atoms with Crippen LogP contribution < -0.4 is 16.4 Å². The quantitative estimate of drug-likeness (QED) is 0.227. The number of hydrogen-bond donors (Lipinski definition) is 3. The molecular formula is C18H24F3IN6. The van der Waals surface area contributed by atoms with Crippen molar-refractivity contribution < 1.29 is 13.2 Å². The van der Waals surface area contributed by atoms with Gasteiger partial charge in [0.1, 0.15) is 5.69 Å². The Kier molecular flexibility index (Phi) is 9.42. The number of aliphatic imine (C=N–C) groups is 1. The smallest absolute Gasteiger partial charge is 0.370 e. The monoisotopic (exact) mass is 508 g/mol. The number of halogens is 4. The highest BCUT2D eigenvalue weighted by molar-refractivity contribution is 14.0. The average Bonchev–Trinajstić information content (AvgIpc) is 2.65. The molecule has 10 heteroatoms. The maximum atomic E-state index is 12.6. The second-order valence-corrected chi connectivity index (χ2v) is 5.74. The summed E-state index contributed by atoms with van der Waals surface area (Å²) in [5.41, 5.74) is 8.19. The number of anilines is 2. The van der Waals surface area contributed by atoms with Crippen LogP contribution in [-0.2, 0) is 19.0 Å². The summed E-state index contributed by atoms with van der Waals surface area (Å²) in [7, 11) is 0. The van der Waals surface area contributed by atoms with E-state index >= 15 is 0 Å². The minimum Gasteiger partial charge on any atom is -0.370 e. The summed E-state index contributed by atoms with van der Waals surface area (Å²) in [5.74, 6) is 0.147. The van der Waals surface area contributed by atoms with Gasteiger partial charge in [0.25, 0.3) is 0 Å². The van der Waals surface area contributed by atoms with Crippen LogP contribution in [0.5, 0.6) is 0 Å². The number of aryl methyl sites for hydroxylation is 2. The predicted octanol–water partition coefficient (Wildman–Crippen LogP) is 4.08. The minimum absolute atomic E-state index is 0. The summed E-state index contributed by atoms with van der Waals surface area (Å²) < 4.78 is 37.9. The second kappa shape index (κ2) is 11.0. The fourth-order valence-electron chi connectivity index (χ4n) is 2.52. The van der Waals surface area contributed by atoms with Gasteiger partial charge in [-0.05, 0) is 30.0 Å². The normalized spacial score (nSPS) is 11.7. The molecule has 1 aromatic carbocycles. The Morgan fingerprint density at radius 1 is 1.14 bits per heavy atom. The first kappa shape index (κ1) is 23.9. The Labute approximate surface area is 179 Å². The highest BCUT2D eigenvalue weighted by Crippen LogP contribution is 2.27. The molecule has 154 valence electrons. The molecule has 2 rings (SSSR count). The molecule has 1 heterocycles. The standard InChI is InChI=1S/C18H23F3N6.HI/c1-3-12-6-5-7-13(4-2)15(12)27-16(22)23-10-11-25-17-24-9-8-14(26-17)18(19,20)21;/h5-9H,3-4,10-11H2,1-2H3,(H3,22,23,27)(H,24,25,26);1H. The van der Waals surface area contributed by atoms with Crippen LogP contribution in [0.15, 0.2) is 35.5 Å². The van der Waals surface area contributed by atoms with E-state index in [1.807, 2.05) is 18.2 Å². The predicted molar refractivity (Wildman–Crippen MR) is 116 cm³/mol. The minimum atomic E-state index is -4.50. The molecule has 0 radical (unpaired) electrons. The van der Waals surface area contributed by atoms with Gasteiger partial charge in [-0.1, -0.05) is 32.0 Å².